The van der Waals surface area contributed by atoms with Gasteiger partial charge in [0, 0.05) is 13.1 Å². The van der Waals surface area contributed by atoms with Crippen LogP contribution in [0.15, 0.2) is 30.3 Å². The molecule has 1 amide bonds. The summed E-state index contributed by atoms with van der Waals surface area (Å²) in [5.41, 5.74) is 0.246. The van der Waals surface area contributed by atoms with Crippen LogP contribution >= 0.6 is 0 Å². The molecule has 106 valence electrons. The van der Waals surface area contributed by atoms with Gasteiger partial charge < -0.3 is 14.7 Å². The summed E-state index contributed by atoms with van der Waals surface area (Å²) in [6.07, 6.45) is 0.610. The van der Waals surface area contributed by atoms with E-state index in [1.165, 1.54) is 0 Å². The highest BCUT2D eigenvalue weighted by Gasteiger charge is 2.36. The number of benzene rings is 1. The Labute approximate surface area is 118 Å². The minimum atomic E-state index is -0.698. The molecule has 1 aromatic carbocycles. The molecule has 0 spiro atoms. The van der Waals surface area contributed by atoms with Gasteiger partial charge in [-0.05, 0) is 18.4 Å². The fraction of sp³-hybridized carbons (Fsp3) is 0.467. The zero-order valence-electron chi connectivity index (χ0n) is 11.3. The summed E-state index contributed by atoms with van der Waals surface area (Å²) >= 11 is 0. The summed E-state index contributed by atoms with van der Waals surface area (Å²) in [6.45, 7) is 0.986. The van der Waals surface area contributed by atoms with E-state index < -0.39 is 5.41 Å². The van der Waals surface area contributed by atoms with Crippen LogP contribution in [0.5, 0.6) is 0 Å². The highest BCUT2D eigenvalue weighted by atomic mass is 16.6. The van der Waals surface area contributed by atoms with Crippen LogP contribution in [0.3, 0.4) is 0 Å². The van der Waals surface area contributed by atoms with Crippen molar-refractivity contribution in [2.45, 2.75) is 19.4 Å². The first kappa shape index (κ1) is 14.4. The predicted octanol–water partition coefficient (Wildman–Crippen LogP) is 1.92. The van der Waals surface area contributed by atoms with Gasteiger partial charge in [0.1, 0.15) is 6.61 Å². The number of nitrogens with zero attached hydrogens (tertiary/aromatic N) is 2. The van der Waals surface area contributed by atoms with Crippen LogP contribution in [0.25, 0.3) is 0 Å². The van der Waals surface area contributed by atoms with Crippen molar-refractivity contribution in [1.29, 1.82) is 5.26 Å². The number of likely N-dealkylation sites (tertiary alicyclic amines) is 1. The minimum absolute atomic E-state index is 0.156. The lowest BCUT2D eigenvalue weighted by Crippen LogP contribution is -2.44. The summed E-state index contributed by atoms with van der Waals surface area (Å²) in [7, 11) is 0. The molecule has 0 radical (unpaired) electrons. The topological polar surface area (TPSA) is 73.6 Å². The third-order valence-corrected chi connectivity index (χ3v) is 3.72. The average molecular weight is 274 g/mol. The second-order valence-corrected chi connectivity index (χ2v) is 5.08. The molecule has 20 heavy (non-hydrogen) atoms. The van der Waals surface area contributed by atoms with Crippen LogP contribution in [0.2, 0.25) is 0 Å². The van der Waals surface area contributed by atoms with Crippen LogP contribution < -0.4 is 0 Å². The molecule has 1 N–H and O–H groups in total. The van der Waals surface area contributed by atoms with Crippen LogP contribution in [-0.2, 0) is 11.3 Å². The molecule has 0 unspecified atom stereocenters. The predicted molar refractivity (Wildman–Crippen MR) is 72.6 cm³/mol. The number of piperidine rings is 1. The van der Waals surface area contributed by atoms with E-state index >= 15 is 0 Å². The minimum Gasteiger partial charge on any atom is -0.445 e. The number of hydrogen-bond donors (Lipinski definition) is 1. The Hall–Kier alpha value is -2.06. The molecule has 1 saturated heterocycles. The first-order valence-corrected chi connectivity index (χ1v) is 6.67. The Bertz CT molecular complexity index is 488. The summed E-state index contributed by atoms with van der Waals surface area (Å²) in [6, 6.07) is 11.7. The Balaban J connectivity index is 1.82. The number of carbonyl (C=O) groups excluding carboxylic acids is 1. The zero-order valence-corrected chi connectivity index (χ0v) is 11.3. The molecule has 0 aromatic heterocycles. The van der Waals surface area contributed by atoms with E-state index in [-0.39, 0.29) is 19.3 Å². The Morgan fingerprint density at radius 3 is 2.55 bits per heavy atom. The van der Waals surface area contributed by atoms with Gasteiger partial charge in [-0.1, -0.05) is 30.3 Å². The molecular weight excluding hydrogens is 256 g/mol. The first-order chi connectivity index (χ1) is 9.69. The number of nitriles is 1. The van der Waals surface area contributed by atoms with E-state index in [1.54, 1.807) is 4.90 Å². The number of carbonyl (C=O) groups is 1. The van der Waals surface area contributed by atoms with Gasteiger partial charge in [0.05, 0.1) is 18.1 Å². The van der Waals surface area contributed by atoms with E-state index in [1.807, 2.05) is 30.3 Å². The molecule has 1 fully saturated rings. The molecular formula is C15H18N2O3. The summed E-state index contributed by atoms with van der Waals surface area (Å²) in [4.78, 5) is 13.5. The lowest BCUT2D eigenvalue weighted by atomic mass is 9.81. The maximum Gasteiger partial charge on any atom is 0.410 e. The monoisotopic (exact) mass is 274 g/mol. The number of ether oxygens (including phenoxy) is 1. The molecule has 2 rings (SSSR count). The number of hydrogen-bond acceptors (Lipinski definition) is 4. The largest absolute Gasteiger partial charge is 0.445 e. The maximum atomic E-state index is 11.9. The van der Waals surface area contributed by atoms with Crippen molar-refractivity contribution in [3.05, 3.63) is 35.9 Å². The van der Waals surface area contributed by atoms with E-state index in [2.05, 4.69) is 6.07 Å². The van der Waals surface area contributed by atoms with E-state index in [4.69, 9.17) is 10.00 Å². The van der Waals surface area contributed by atoms with Crippen molar-refractivity contribution in [2.75, 3.05) is 19.7 Å². The van der Waals surface area contributed by atoms with Gasteiger partial charge in [0.25, 0.3) is 0 Å². The van der Waals surface area contributed by atoms with Crippen LogP contribution in [0.1, 0.15) is 18.4 Å². The van der Waals surface area contributed by atoms with Crippen molar-refractivity contribution in [1.82, 2.24) is 4.90 Å². The summed E-state index contributed by atoms with van der Waals surface area (Å²) in [5, 5.41) is 18.3. The van der Waals surface area contributed by atoms with Gasteiger partial charge in [0.2, 0.25) is 0 Å². The lowest BCUT2D eigenvalue weighted by molar-refractivity contribution is 0.0566. The van der Waals surface area contributed by atoms with Gasteiger partial charge in [-0.3, -0.25) is 0 Å². The van der Waals surface area contributed by atoms with Crippen molar-refractivity contribution in [3.63, 3.8) is 0 Å². The molecule has 0 atom stereocenters. The smallest absolute Gasteiger partial charge is 0.410 e. The fourth-order valence-electron chi connectivity index (χ4n) is 2.23. The average Bonchev–Trinajstić information content (AvgIpc) is 2.53. The molecule has 0 aliphatic carbocycles. The van der Waals surface area contributed by atoms with Crippen molar-refractivity contribution < 1.29 is 14.6 Å². The molecule has 0 saturated carbocycles. The molecule has 5 heteroatoms. The van der Waals surface area contributed by atoms with Gasteiger partial charge in [-0.2, -0.15) is 5.26 Å². The highest BCUT2D eigenvalue weighted by molar-refractivity contribution is 5.67. The standard InChI is InChI=1S/C15H18N2O3/c16-11-15(12-18)6-8-17(9-7-15)14(19)20-10-13-4-2-1-3-5-13/h1-5,18H,6-10,12H2. The number of aliphatic hydroxyl groups is 1. The van der Waals surface area contributed by atoms with Gasteiger partial charge in [-0.25, -0.2) is 4.79 Å². The second kappa shape index (κ2) is 6.40. The Kier molecular flexibility index (Phi) is 4.59. The molecule has 0 bridgehead atoms. The normalized spacial score (nSPS) is 17.3. The van der Waals surface area contributed by atoms with Gasteiger partial charge >= 0.3 is 6.09 Å². The van der Waals surface area contributed by atoms with Crippen molar-refractivity contribution >= 4 is 6.09 Å². The number of aliphatic hydroxyl groups excluding tert-OH is 1. The van der Waals surface area contributed by atoms with Crippen LogP contribution in [0.4, 0.5) is 4.79 Å². The quantitative estimate of drug-likeness (QED) is 0.914. The van der Waals surface area contributed by atoms with E-state index in [9.17, 15) is 9.90 Å². The van der Waals surface area contributed by atoms with Crippen LogP contribution in [0, 0.1) is 16.7 Å². The van der Waals surface area contributed by atoms with Gasteiger partial charge in [0.15, 0.2) is 0 Å². The summed E-state index contributed by atoms with van der Waals surface area (Å²) in [5.74, 6) is 0. The highest BCUT2D eigenvalue weighted by Crippen LogP contribution is 2.30. The lowest BCUT2D eigenvalue weighted by Gasteiger charge is -2.35. The SMILES string of the molecule is N#CC1(CO)CCN(C(=O)OCc2ccccc2)CC1. The number of rotatable bonds is 3. The zero-order chi connectivity index (χ0) is 14.4. The molecule has 1 heterocycles. The maximum absolute atomic E-state index is 11.9. The molecule has 5 nitrogen and oxygen atoms in total. The van der Waals surface area contributed by atoms with Crippen molar-refractivity contribution in [2.24, 2.45) is 5.41 Å². The summed E-state index contributed by atoms with van der Waals surface area (Å²) < 4.78 is 5.24. The number of amides is 1. The third kappa shape index (κ3) is 3.28. The third-order valence-electron chi connectivity index (χ3n) is 3.72. The Morgan fingerprint density at radius 2 is 2.00 bits per heavy atom. The molecule has 1 aromatic rings. The van der Waals surface area contributed by atoms with Crippen molar-refractivity contribution in [3.8, 4) is 6.07 Å². The molecule has 1 aliphatic heterocycles. The van der Waals surface area contributed by atoms with E-state index in [0.29, 0.717) is 25.9 Å². The van der Waals surface area contributed by atoms with Crippen LogP contribution in [-0.4, -0.2) is 35.8 Å². The van der Waals surface area contributed by atoms with E-state index in [0.717, 1.165) is 5.56 Å². The van der Waals surface area contributed by atoms with Gasteiger partial charge in [-0.15, -0.1) is 0 Å². The second-order valence-electron chi connectivity index (χ2n) is 5.08. The first-order valence-electron chi connectivity index (χ1n) is 6.67. The fourth-order valence-corrected chi connectivity index (χ4v) is 2.23. The Morgan fingerprint density at radius 1 is 1.35 bits per heavy atom. The molecule has 1 aliphatic rings.